The van der Waals surface area contributed by atoms with Gasteiger partial charge in [0, 0.05) is 25.8 Å². The minimum Gasteiger partial charge on any atom is -0.444 e. The Balaban J connectivity index is 0.000000276. The Hall–Kier alpha value is -6.15. The summed E-state index contributed by atoms with van der Waals surface area (Å²) in [5.74, 6) is 6.28. The van der Waals surface area contributed by atoms with E-state index in [2.05, 4.69) is 55.0 Å². The SMILES string of the molecule is CC(C)(C)OC(=O)Nc1ncc(-c2ccc(C#Cc3ccccc3)cc2)n1C(=O)OC(C)(C)C.CC(C)(C)OC(=O)Nc1ncc(-c2ccc(I)cc2)n1C(=O)OC(C)(C)C. The number of rotatable bonds is 4. The van der Waals surface area contributed by atoms with Crippen LogP contribution in [-0.4, -0.2) is 65.9 Å². The van der Waals surface area contributed by atoms with Crippen molar-refractivity contribution < 1.29 is 38.1 Å². The van der Waals surface area contributed by atoms with Gasteiger partial charge in [0.2, 0.25) is 11.9 Å². The van der Waals surface area contributed by atoms with Gasteiger partial charge in [-0.3, -0.25) is 10.6 Å². The number of aromatic nitrogens is 4. The Morgan fingerprint density at radius 1 is 0.508 bits per heavy atom. The van der Waals surface area contributed by atoms with Crippen LogP contribution in [0.5, 0.6) is 0 Å². The van der Waals surface area contributed by atoms with Crippen LogP contribution in [0.1, 0.15) is 94.2 Å². The van der Waals surface area contributed by atoms with Crippen molar-refractivity contribution in [2.75, 3.05) is 10.6 Å². The highest BCUT2D eigenvalue weighted by Gasteiger charge is 2.28. The lowest BCUT2D eigenvalue weighted by Crippen LogP contribution is -2.31. The molecule has 3 aromatic carbocycles. The van der Waals surface area contributed by atoms with Crippen LogP contribution in [0.3, 0.4) is 0 Å². The molecular weight excluding hydrogens is 891 g/mol. The quantitative estimate of drug-likeness (QED) is 0.101. The molecule has 2 amide bonds. The molecule has 0 aliphatic heterocycles. The molecule has 5 rings (SSSR count). The molecule has 0 saturated heterocycles. The summed E-state index contributed by atoms with van der Waals surface area (Å²) in [7, 11) is 0. The van der Waals surface area contributed by atoms with E-state index in [-0.39, 0.29) is 11.9 Å². The van der Waals surface area contributed by atoms with E-state index in [4.69, 9.17) is 18.9 Å². The van der Waals surface area contributed by atoms with Crippen LogP contribution in [0.4, 0.5) is 31.1 Å². The van der Waals surface area contributed by atoms with Crippen molar-refractivity contribution in [1.29, 1.82) is 0 Å². The molecule has 0 atom stereocenters. The number of ether oxygens (including phenoxy) is 4. The molecule has 2 N–H and O–H groups in total. The molecule has 0 aliphatic carbocycles. The number of hydrogen-bond acceptors (Lipinski definition) is 10. The van der Waals surface area contributed by atoms with Gasteiger partial charge in [-0.1, -0.05) is 54.3 Å². The molecule has 5 aromatic rings. The molecule has 322 valence electrons. The molecule has 14 nitrogen and oxygen atoms in total. The summed E-state index contributed by atoms with van der Waals surface area (Å²) in [6.07, 6.45) is 0.284. The number of nitrogens with zero attached hydrogens (tertiary/aromatic N) is 4. The number of amides is 2. The number of halogens is 1. The first kappa shape index (κ1) is 47.5. The van der Waals surface area contributed by atoms with Crippen LogP contribution in [0, 0.1) is 15.4 Å². The van der Waals surface area contributed by atoms with Gasteiger partial charge in [0.15, 0.2) is 0 Å². The summed E-state index contributed by atoms with van der Waals surface area (Å²) >= 11 is 2.20. The Morgan fingerprint density at radius 2 is 0.852 bits per heavy atom. The van der Waals surface area contributed by atoms with Gasteiger partial charge in [0.25, 0.3) is 0 Å². The average Bonchev–Trinajstić information content (AvgIpc) is 3.73. The van der Waals surface area contributed by atoms with E-state index in [1.807, 2.05) is 78.9 Å². The fourth-order valence-corrected chi connectivity index (χ4v) is 5.43. The van der Waals surface area contributed by atoms with Crippen molar-refractivity contribution in [3.05, 3.63) is 106 Å². The second-order valence-corrected chi connectivity index (χ2v) is 18.8. The molecular formula is C46H53IN6O8. The van der Waals surface area contributed by atoms with Crippen LogP contribution in [0.2, 0.25) is 0 Å². The Morgan fingerprint density at radius 3 is 1.21 bits per heavy atom. The van der Waals surface area contributed by atoms with E-state index >= 15 is 0 Å². The zero-order valence-corrected chi connectivity index (χ0v) is 38.8. The van der Waals surface area contributed by atoms with E-state index in [0.29, 0.717) is 17.0 Å². The molecule has 2 heterocycles. The third-order valence-electron chi connectivity index (χ3n) is 7.35. The number of hydrogen-bond donors (Lipinski definition) is 2. The van der Waals surface area contributed by atoms with Crippen LogP contribution in [0.25, 0.3) is 22.5 Å². The summed E-state index contributed by atoms with van der Waals surface area (Å²) in [5.41, 5.74) is 1.38. The molecule has 0 spiro atoms. The fraction of sp³-hybridized carbons (Fsp3) is 0.348. The summed E-state index contributed by atoms with van der Waals surface area (Å²) < 4.78 is 25.1. The largest absolute Gasteiger partial charge is 0.444 e. The monoisotopic (exact) mass is 944 g/mol. The third-order valence-corrected chi connectivity index (χ3v) is 8.07. The van der Waals surface area contributed by atoms with E-state index < -0.39 is 46.8 Å². The maximum atomic E-state index is 13.0. The molecule has 0 aliphatic rings. The van der Waals surface area contributed by atoms with Crippen molar-refractivity contribution in [2.45, 2.75) is 105 Å². The van der Waals surface area contributed by atoms with Crippen molar-refractivity contribution in [3.63, 3.8) is 0 Å². The highest BCUT2D eigenvalue weighted by Crippen LogP contribution is 2.28. The minimum absolute atomic E-state index is 0.00597. The first-order valence-corrected chi connectivity index (χ1v) is 20.4. The van der Waals surface area contributed by atoms with E-state index in [0.717, 1.165) is 20.3 Å². The third kappa shape index (κ3) is 15.4. The molecule has 61 heavy (non-hydrogen) atoms. The summed E-state index contributed by atoms with van der Waals surface area (Å²) in [4.78, 5) is 58.7. The van der Waals surface area contributed by atoms with Gasteiger partial charge in [0.05, 0.1) is 23.8 Å². The molecule has 0 radical (unpaired) electrons. The van der Waals surface area contributed by atoms with Gasteiger partial charge in [0.1, 0.15) is 22.4 Å². The molecule has 2 aromatic heterocycles. The van der Waals surface area contributed by atoms with Gasteiger partial charge in [-0.05, 0) is 142 Å². The van der Waals surface area contributed by atoms with Crippen molar-refractivity contribution >= 4 is 58.9 Å². The lowest BCUT2D eigenvalue weighted by Gasteiger charge is -2.22. The highest BCUT2D eigenvalue weighted by molar-refractivity contribution is 14.1. The number of carbonyl (C=O) groups is 4. The van der Waals surface area contributed by atoms with Crippen molar-refractivity contribution in [3.8, 4) is 34.4 Å². The van der Waals surface area contributed by atoms with E-state index in [1.54, 1.807) is 83.1 Å². The fourth-order valence-electron chi connectivity index (χ4n) is 5.07. The molecule has 0 saturated carbocycles. The zero-order valence-electron chi connectivity index (χ0n) is 36.6. The normalized spacial score (nSPS) is 11.5. The van der Waals surface area contributed by atoms with E-state index in [1.165, 1.54) is 21.5 Å². The number of benzene rings is 3. The van der Waals surface area contributed by atoms with Gasteiger partial charge >= 0.3 is 24.4 Å². The number of imidazole rings is 2. The molecule has 0 fully saturated rings. The Kier molecular flexibility index (Phi) is 15.2. The summed E-state index contributed by atoms with van der Waals surface area (Å²) in [6, 6.07) is 24.7. The first-order valence-electron chi connectivity index (χ1n) is 19.3. The molecule has 0 unspecified atom stereocenters. The second-order valence-electron chi connectivity index (χ2n) is 17.5. The van der Waals surface area contributed by atoms with Crippen LogP contribution < -0.4 is 10.6 Å². The smallest absolute Gasteiger partial charge is 0.421 e. The van der Waals surface area contributed by atoms with E-state index in [9.17, 15) is 19.2 Å². The second kappa shape index (κ2) is 19.5. The van der Waals surface area contributed by atoms with Crippen LogP contribution >= 0.6 is 22.6 Å². The zero-order chi connectivity index (χ0) is 45.3. The van der Waals surface area contributed by atoms with Gasteiger partial charge in [-0.15, -0.1) is 0 Å². The predicted octanol–water partition coefficient (Wildman–Crippen LogP) is 11.4. The topological polar surface area (TPSA) is 165 Å². The molecule has 15 heteroatoms. The van der Waals surface area contributed by atoms with Crippen LogP contribution in [-0.2, 0) is 18.9 Å². The first-order chi connectivity index (χ1) is 28.3. The lowest BCUT2D eigenvalue weighted by molar-refractivity contribution is 0.0526. The Labute approximate surface area is 370 Å². The predicted molar refractivity (Wildman–Crippen MR) is 243 cm³/mol. The van der Waals surface area contributed by atoms with Gasteiger partial charge in [-0.25, -0.2) is 38.3 Å². The molecule has 0 bridgehead atoms. The average molecular weight is 945 g/mol. The Bertz CT molecular complexity index is 2380. The summed E-state index contributed by atoms with van der Waals surface area (Å²) in [5, 5.41) is 5.06. The van der Waals surface area contributed by atoms with Crippen LogP contribution in [0.15, 0.2) is 91.3 Å². The van der Waals surface area contributed by atoms with Crippen molar-refractivity contribution in [2.24, 2.45) is 0 Å². The lowest BCUT2D eigenvalue weighted by atomic mass is 10.1. The van der Waals surface area contributed by atoms with Crippen molar-refractivity contribution in [1.82, 2.24) is 19.1 Å². The highest BCUT2D eigenvalue weighted by atomic mass is 127. The summed E-state index contributed by atoms with van der Waals surface area (Å²) in [6.45, 7) is 21.1. The maximum absolute atomic E-state index is 13.0. The number of nitrogens with one attached hydrogen (secondary N) is 2. The number of carbonyl (C=O) groups excluding carboxylic acids is 4. The number of anilines is 2. The van der Waals surface area contributed by atoms with Gasteiger partial charge in [-0.2, -0.15) is 0 Å². The van der Waals surface area contributed by atoms with Gasteiger partial charge < -0.3 is 18.9 Å². The minimum atomic E-state index is -0.737. The standard InChI is InChI=1S/C27H29N3O4.C19H24IN3O4/c1-26(2,3)33-24(31)29-23-28-18-22(30(23)25(32)34-27(4,5)6)21-16-14-20(15-17-21)13-12-19-10-8-7-9-11-19;1-18(2,3)26-16(24)22-15-21-11-14(12-7-9-13(20)10-8-12)23(15)17(25)27-19(4,5)6/h7-11,14-18H,1-6H3,(H,28,29,31);7-11H,1-6H3,(H,21,22,24). The maximum Gasteiger partial charge on any atom is 0.421 e.